The highest BCUT2D eigenvalue weighted by Gasteiger charge is 2.13. The number of carbonyl (C=O) groups excluding carboxylic acids is 2. The molecule has 36 heavy (non-hydrogen) atoms. The van der Waals surface area contributed by atoms with Gasteiger partial charge in [0, 0.05) is 12.2 Å². The molecular weight excluding hydrogens is 464 g/mol. The van der Waals surface area contributed by atoms with E-state index in [1.54, 1.807) is 42.5 Å². The van der Waals surface area contributed by atoms with Gasteiger partial charge in [-0.1, -0.05) is 38.3 Å². The van der Waals surface area contributed by atoms with Crippen LogP contribution >= 0.6 is 0 Å². The van der Waals surface area contributed by atoms with Gasteiger partial charge in [0.15, 0.2) is 11.5 Å². The molecule has 1 N–H and O–H groups in total. The third-order valence-corrected chi connectivity index (χ3v) is 5.12. The van der Waals surface area contributed by atoms with Gasteiger partial charge < -0.3 is 24.1 Å². The number of carbonyl (C=O) groups is 3. The first-order valence-corrected chi connectivity index (χ1v) is 11.8. The Morgan fingerprint density at radius 1 is 0.889 bits per heavy atom. The molecule has 0 fully saturated rings. The Balaban J connectivity index is 1.71. The second-order valence-corrected chi connectivity index (χ2v) is 7.84. The van der Waals surface area contributed by atoms with Crippen molar-refractivity contribution in [3.05, 3.63) is 72.3 Å². The summed E-state index contributed by atoms with van der Waals surface area (Å²) in [6.07, 6.45) is 9.60. The Morgan fingerprint density at radius 3 is 2.19 bits per heavy atom. The van der Waals surface area contributed by atoms with E-state index in [9.17, 15) is 14.4 Å². The van der Waals surface area contributed by atoms with E-state index < -0.39 is 11.9 Å². The number of hydrogen-bond acceptors (Lipinski definition) is 7. The number of benzene rings is 2. The van der Waals surface area contributed by atoms with Gasteiger partial charge >= 0.3 is 17.9 Å². The molecule has 0 aliphatic heterocycles. The summed E-state index contributed by atoms with van der Waals surface area (Å²) in [4.78, 5) is 34.1. The Labute approximate surface area is 211 Å². The van der Waals surface area contributed by atoms with Crippen molar-refractivity contribution in [2.45, 2.75) is 38.5 Å². The van der Waals surface area contributed by atoms with Crippen LogP contribution < -0.4 is 14.2 Å². The number of rotatable bonds is 16. The van der Waals surface area contributed by atoms with Crippen LogP contribution in [0.4, 0.5) is 0 Å². The molecule has 0 bridgehead atoms. The summed E-state index contributed by atoms with van der Waals surface area (Å²) in [7, 11) is 1.44. The highest BCUT2D eigenvalue weighted by atomic mass is 16.6. The number of unbranched alkanes of at least 4 members (excludes halogenated alkanes) is 5. The molecular formula is C28H32O8. The number of carboxylic acid groups (broad SMARTS) is 1. The zero-order chi connectivity index (χ0) is 26.2. The molecule has 0 saturated heterocycles. The average molecular weight is 497 g/mol. The summed E-state index contributed by atoms with van der Waals surface area (Å²) in [6, 6.07) is 11.5. The Bertz CT molecular complexity index is 1040. The lowest BCUT2D eigenvalue weighted by atomic mass is 10.1. The molecule has 0 saturated carbocycles. The van der Waals surface area contributed by atoms with Crippen LogP contribution in [-0.2, 0) is 14.3 Å². The van der Waals surface area contributed by atoms with E-state index in [2.05, 4.69) is 6.58 Å². The number of methoxy groups -OCH3 is 1. The van der Waals surface area contributed by atoms with Gasteiger partial charge in [-0.15, -0.1) is 0 Å². The quantitative estimate of drug-likeness (QED) is 0.141. The van der Waals surface area contributed by atoms with Crippen molar-refractivity contribution in [1.29, 1.82) is 0 Å². The lowest BCUT2D eigenvalue weighted by molar-refractivity contribution is -0.138. The van der Waals surface area contributed by atoms with Crippen LogP contribution in [0.15, 0.2) is 61.2 Å². The van der Waals surface area contributed by atoms with Crippen molar-refractivity contribution in [2.24, 2.45) is 0 Å². The van der Waals surface area contributed by atoms with E-state index in [0.717, 1.165) is 44.6 Å². The van der Waals surface area contributed by atoms with Gasteiger partial charge in [-0.05, 0) is 60.9 Å². The lowest BCUT2D eigenvalue weighted by Gasteiger charge is -2.11. The van der Waals surface area contributed by atoms with Crippen molar-refractivity contribution < 1.29 is 38.4 Å². The summed E-state index contributed by atoms with van der Waals surface area (Å²) < 4.78 is 21.4. The summed E-state index contributed by atoms with van der Waals surface area (Å²) in [5, 5.41) is 8.74. The molecule has 0 aromatic heterocycles. The topological polar surface area (TPSA) is 108 Å². The molecule has 2 aromatic carbocycles. The van der Waals surface area contributed by atoms with Crippen LogP contribution in [0.3, 0.4) is 0 Å². The predicted octanol–water partition coefficient (Wildman–Crippen LogP) is 5.46. The molecule has 0 unspecified atom stereocenters. The number of carboxylic acids is 1. The van der Waals surface area contributed by atoms with E-state index in [1.165, 1.54) is 19.3 Å². The molecule has 0 aliphatic carbocycles. The van der Waals surface area contributed by atoms with E-state index in [0.29, 0.717) is 35.8 Å². The SMILES string of the molecule is C=CC(=O)OCCCCCCCCOc1ccc(C(=O)Oc2ccc(/C=C/C(=O)O)cc2OC)cc1. The molecule has 8 nitrogen and oxygen atoms in total. The second-order valence-electron chi connectivity index (χ2n) is 7.84. The minimum Gasteiger partial charge on any atom is -0.494 e. The van der Waals surface area contributed by atoms with Crippen LogP contribution in [0, 0.1) is 0 Å². The van der Waals surface area contributed by atoms with Gasteiger partial charge in [0.1, 0.15) is 5.75 Å². The van der Waals surface area contributed by atoms with Crippen molar-refractivity contribution >= 4 is 24.0 Å². The first-order valence-electron chi connectivity index (χ1n) is 11.8. The molecule has 0 radical (unpaired) electrons. The van der Waals surface area contributed by atoms with E-state index in [1.807, 2.05) is 0 Å². The monoisotopic (exact) mass is 496 g/mol. The third kappa shape index (κ3) is 10.5. The lowest BCUT2D eigenvalue weighted by Crippen LogP contribution is -2.09. The van der Waals surface area contributed by atoms with Gasteiger partial charge in [-0.2, -0.15) is 0 Å². The normalized spacial score (nSPS) is 10.6. The van der Waals surface area contributed by atoms with Crippen LogP contribution in [0.25, 0.3) is 6.08 Å². The minimum atomic E-state index is -1.06. The smallest absolute Gasteiger partial charge is 0.343 e. The largest absolute Gasteiger partial charge is 0.494 e. The standard InChI is InChI=1S/C28H32O8/c1-3-27(31)35-19-9-7-5-4-6-8-18-34-23-14-12-22(13-15-23)28(32)36-24-16-10-21(11-17-26(29)30)20-25(24)33-2/h3,10-17,20H,1,4-9,18-19H2,2H3,(H,29,30)/b17-11+. The number of esters is 2. The van der Waals surface area contributed by atoms with Gasteiger partial charge in [0.05, 0.1) is 25.9 Å². The minimum absolute atomic E-state index is 0.230. The summed E-state index contributed by atoms with van der Waals surface area (Å²) >= 11 is 0. The molecule has 2 rings (SSSR count). The fourth-order valence-corrected chi connectivity index (χ4v) is 3.22. The maximum Gasteiger partial charge on any atom is 0.343 e. The number of hydrogen-bond donors (Lipinski definition) is 1. The van der Waals surface area contributed by atoms with Crippen molar-refractivity contribution in [2.75, 3.05) is 20.3 Å². The van der Waals surface area contributed by atoms with E-state index in [-0.39, 0.29) is 11.7 Å². The van der Waals surface area contributed by atoms with Gasteiger partial charge in [0.25, 0.3) is 0 Å². The molecule has 2 aromatic rings. The summed E-state index contributed by atoms with van der Waals surface area (Å²) in [5.74, 6) is -0.777. The van der Waals surface area contributed by atoms with Crippen molar-refractivity contribution in [1.82, 2.24) is 0 Å². The first-order chi connectivity index (χ1) is 17.4. The van der Waals surface area contributed by atoms with E-state index in [4.69, 9.17) is 24.1 Å². The second kappa shape index (κ2) is 15.8. The van der Waals surface area contributed by atoms with Gasteiger partial charge in [-0.3, -0.25) is 0 Å². The van der Waals surface area contributed by atoms with Crippen molar-refractivity contribution in [3.8, 4) is 17.2 Å². The zero-order valence-electron chi connectivity index (χ0n) is 20.4. The van der Waals surface area contributed by atoms with Crippen LogP contribution in [0.5, 0.6) is 17.2 Å². The Kier molecular flexibility index (Phi) is 12.3. The fraction of sp³-hybridized carbons (Fsp3) is 0.321. The number of aliphatic carboxylic acids is 1. The molecule has 0 atom stereocenters. The van der Waals surface area contributed by atoms with Gasteiger partial charge in [-0.25, -0.2) is 14.4 Å². The molecule has 192 valence electrons. The Hall–Kier alpha value is -4.07. The number of ether oxygens (including phenoxy) is 4. The first kappa shape index (κ1) is 28.2. The highest BCUT2D eigenvalue weighted by molar-refractivity contribution is 5.91. The van der Waals surface area contributed by atoms with E-state index >= 15 is 0 Å². The Morgan fingerprint density at radius 2 is 1.56 bits per heavy atom. The molecule has 0 heterocycles. The predicted molar refractivity (Wildman–Crippen MR) is 135 cm³/mol. The summed E-state index contributed by atoms with van der Waals surface area (Å²) in [5.41, 5.74) is 0.958. The third-order valence-electron chi connectivity index (χ3n) is 5.12. The van der Waals surface area contributed by atoms with Crippen LogP contribution in [-0.4, -0.2) is 43.3 Å². The fourth-order valence-electron chi connectivity index (χ4n) is 3.22. The maximum absolute atomic E-state index is 12.5. The van der Waals surface area contributed by atoms with Crippen LogP contribution in [0.1, 0.15) is 54.4 Å². The molecule has 8 heteroatoms. The van der Waals surface area contributed by atoms with Gasteiger partial charge in [0.2, 0.25) is 0 Å². The molecule has 0 amide bonds. The van der Waals surface area contributed by atoms with Crippen LogP contribution in [0.2, 0.25) is 0 Å². The molecule has 0 spiro atoms. The summed E-state index contributed by atoms with van der Waals surface area (Å²) in [6.45, 7) is 4.38. The van der Waals surface area contributed by atoms with Crippen molar-refractivity contribution in [3.63, 3.8) is 0 Å². The zero-order valence-corrected chi connectivity index (χ0v) is 20.4. The molecule has 0 aliphatic rings. The average Bonchev–Trinajstić information content (AvgIpc) is 2.89. The maximum atomic E-state index is 12.5. The highest BCUT2D eigenvalue weighted by Crippen LogP contribution is 2.29.